The van der Waals surface area contributed by atoms with E-state index in [1.807, 2.05) is 0 Å². The van der Waals surface area contributed by atoms with Crippen molar-refractivity contribution in [2.45, 2.75) is 6.42 Å². The summed E-state index contributed by atoms with van der Waals surface area (Å²) in [5, 5.41) is 0. The van der Waals surface area contributed by atoms with Gasteiger partial charge in [0.2, 0.25) is 0 Å². The third-order valence-electron chi connectivity index (χ3n) is 2.69. The van der Waals surface area contributed by atoms with Crippen LogP contribution in [0.5, 0.6) is 0 Å². The predicted octanol–water partition coefficient (Wildman–Crippen LogP) is 1.33. The summed E-state index contributed by atoms with van der Waals surface area (Å²) in [6, 6.07) is 0. The molecule has 18 heavy (non-hydrogen) atoms. The smallest absolute Gasteiger partial charge is 0.309 e. The average molecular weight is 257 g/mol. The molecule has 1 aliphatic rings. The second-order valence-electron chi connectivity index (χ2n) is 4.00. The molecule has 0 radical (unpaired) electrons. The van der Waals surface area contributed by atoms with Gasteiger partial charge in [0, 0.05) is 19.6 Å². The maximum absolute atomic E-state index is 12.2. The van der Waals surface area contributed by atoms with Gasteiger partial charge in [0.1, 0.15) is 6.67 Å². The van der Waals surface area contributed by atoms with Crippen molar-refractivity contribution in [2.75, 3.05) is 46.6 Å². The first-order valence-electron chi connectivity index (χ1n) is 6.04. The van der Waals surface area contributed by atoms with E-state index in [-0.39, 0.29) is 12.4 Å². The van der Waals surface area contributed by atoms with E-state index in [4.69, 9.17) is 4.74 Å². The summed E-state index contributed by atoms with van der Waals surface area (Å²) >= 11 is 0. The van der Waals surface area contributed by atoms with Crippen LogP contribution >= 0.6 is 0 Å². The van der Waals surface area contributed by atoms with Gasteiger partial charge < -0.3 is 9.47 Å². The van der Waals surface area contributed by atoms with Crippen LogP contribution in [0.2, 0.25) is 0 Å². The molecule has 1 rings (SSSR count). The number of allylic oxidation sites excluding steroid dienone is 1. The summed E-state index contributed by atoms with van der Waals surface area (Å²) in [7, 11) is 1.36. The number of nitrogens with zero attached hydrogens (tertiary/aromatic N) is 1. The van der Waals surface area contributed by atoms with Crippen LogP contribution in [-0.4, -0.2) is 57.5 Å². The Morgan fingerprint density at radius 3 is 2.78 bits per heavy atom. The summed E-state index contributed by atoms with van der Waals surface area (Å²) in [5.41, 5.74) is 0.931. The van der Waals surface area contributed by atoms with E-state index in [0.717, 1.165) is 31.9 Å². The molecule has 0 unspecified atom stereocenters. The topological polar surface area (TPSA) is 38.8 Å². The minimum absolute atomic E-state index is 0.215. The molecule has 0 aromatic heterocycles. The van der Waals surface area contributed by atoms with Crippen molar-refractivity contribution < 1.29 is 18.7 Å². The third-order valence-corrected chi connectivity index (χ3v) is 2.69. The Labute approximate surface area is 107 Å². The number of methoxy groups -OCH3 is 1. The Hall–Kier alpha value is -1.20. The number of halogens is 1. The molecule has 0 spiro atoms. The van der Waals surface area contributed by atoms with Gasteiger partial charge in [0.15, 0.2) is 0 Å². The fourth-order valence-corrected chi connectivity index (χ4v) is 1.70. The SMILES string of the molecule is COC(=O)C/C=C(\C=C/CF)CN1CCOCC1. The Kier molecular flexibility index (Phi) is 7.29. The first-order chi connectivity index (χ1) is 8.76. The molecule has 4 nitrogen and oxygen atoms in total. The first kappa shape index (κ1) is 14.9. The van der Waals surface area contributed by atoms with Crippen molar-refractivity contribution >= 4 is 5.97 Å². The van der Waals surface area contributed by atoms with E-state index in [2.05, 4.69) is 9.64 Å². The van der Waals surface area contributed by atoms with Crippen molar-refractivity contribution in [1.82, 2.24) is 4.90 Å². The molecule has 1 aliphatic heterocycles. The molecular weight excluding hydrogens is 237 g/mol. The summed E-state index contributed by atoms with van der Waals surface area (Å²) in [6.45, 7) is 3.36. The summed E-state index contributed by atoms with van der Waals surface area (Å²) in [4.78, 5) is 13.3. The van der Waals surface area contributed by atoms with Crippen molar-refractivity contribution in [3.8, 4) is 0 Å². The zero-order chi connectivity index (χ0) is 13.2. The quantitative estimate of drug-likeness (QED) is 0.531. The minimum Gasteiger partial charge on any atom is -0.469 e. The molecular formula is C13H20FNO3. The van der Waals surface area contributed by atoms with E-state index in [1.54, 1.807) is 12.2 Å². The van der Waals surface area contributed by atoms with Gasteiger partial charge in [-0.2, -0.15) is 0 Å². The average Bonchev–Trinajstić information content (AvgIpc) is 2.42. The molecule has 1 heterocycles. The zero-order valence-electron chi connectivity index (χ0n) is 10.7. The number of morpholine rings is 1. The van der Waals surface area contributed by atoms with Crippen molar-refractivity contribution in [1.29, 1.82) is 0 Å². The number of alkyl halides is 1. The van der Waals surface area contributed by atoms with Crippen LogP contribution in [0.25, 0.3) is 0 Å². The highest BCUT2D eigenvalue weighted by atomic mass is 19.1. The molecule has 5 heteroatoms. The van der Waals surface area contributed by atoms with E-state index in [0.29, 0.717) is 6.54 Å². The lowest BCUT2D eigenvalue weighted by molar-refractivity contribution is -0.139. The molecule has 1 fully saturated rings. The van der Waals surface area contributed by atoms with Gasteiger partial charge in [0.25, 0.3) is 0 Å². The molecule has 0 aromatic rings. The third kappa shape index (κ3) is 5.93. The highest BCUT2D eigenvalue weighted by Gasteiger charge is 2.11. The second-order valence-corrected chi connectivity index (χ2v) is 4.00. The molecule has 0 atom stereocenters. The van der Waals surface area contributed by atoms with Crippen LogP contribution in [-0.2, 0) is 14.3 Å². The van der Waals surface area contributed by atoms with Crippen LogP contribution in [0.4, 0.5) is 4.39 Å². The lowest BCUT2D eigenvalue weighted by Crippen LogP contribution is -2.37. The van der Waals surface area contributed by atoms with Gasteiger partial charge in [-0.1, -0.05) is 18.2 Å². The molecule has 102 valence electrons. The lowest BCUT2D eigenvalue weighted by Gasteiger charge is -2.26. The fourth-order valence-electron chi connectivity index (χ4n) is 1.70. The molecule has 0 aliphatic carbocycles. The minimum atomic E-state index is -0.501. The maximum atomic E-state index is 12.2. The Morgan fingerprint density at radius 1 is 1.44 bits per heavy atom. The molecule has 0 saturated carbocycles. The van der Waals surface area contributed by atoms with Gasteiger partial charge in [-0.15, -0.1) is 0 Å². The molecule has 0 amide bonds. The van der Waals surface area contributed by atoms with Gasteiger partial charge >= 0.3 is 5.97 Å². The van der Waals surface area contributed by atoms with Crippen LogP contribution in [0.1, 0.15) is 6.42 Å². The number of hydrogen-bond acceptors (Lipinski definition) is 4. The van der Waals surface area contributed by atoms with Gasteiger partial charge in [-0.3, -0.25) is 9.69 Å². The first-order valence-corrected chi connectivity index (χ1v) is 6.04. The number of ether oxygens (including phenoxy) is 2. The number of carbonyl (C=O) groups excluding carboxylic acids is 1. The van der Waals surface area contributed by atoms with Crippen molar-refractivity contribution in [3.05, 3.63) is 23.8 Å². The highest BCUT2D eigenvalue weighted by Crippen LogP contribution is 2.06. The fraction of sp³-hybridized carbons (Fsp3) is 0.615. The van der Waals surface area contributed by atoms with Gasteiger partial charge in [-0.25, -0.2) is 4.39 Å². The number of carbonyl (C=O) groups is 1. The number of rotatable bonds is 6. The number of esters is 1. The van der Waals surface area contributed by atoms with Crippen molar-refractivity contribution in [3.63, 3.8) is 0 Å². The largest absolute Gasteiger partial charge is 0.469 e. The second kappa shape index (κ2) is 8.83. The predicted molar refractivity (Wildman–Crippen MR) is 67.1 cm³/mol. The van der Waals surface area contributed by atoms with E-state index >= 15 is 0 Å². The lowest BCUT2D eigenvalue weighted by atomic mass is 10.1. The summed E-state index contributed by atoms with van der Waals surface area (Å²) < 4.78 is 22.0. The van der Waals surface area contributed by atoms with E-state index in [9.17, 15) is 9.18 Å². The summed E-state index contributed by atoms with van der Waals surface area (Å²) in [6.07, 6.45) is 5.17. The van der Waals surface area contributed by atoms with E-state index < -0.39 is 6.67 Å². The number of hydrogen-bond donors (Lipinski definition) is 0. The van der Waals surface area contributed by atoms with Crippen LogP contribution in [0, 0.1) is 0 Å². The maximum Gasteiger partial charge on any atom is 0.309 e. The zero-order valence-corrected chi connectivity index (χ0v) is 10.7. The molecule has 0 bridgehead atoms. The van der Waals surface area contributed by atoms with Gasteiger partial charge in [0.05, 0.1) is 26.7 Å². The van der Waals surface area contributed by atoms with Gasteiger partial charge in [-0.05, 0) is 5.57 Å². The Bertz CT molecular complexity index is 309. The Balaban J connectivity index is 2.53. The van der Waals surface area contributed by atoms with Crippen LogP contribution < -0.4 is 0 Å². The van der Waals surface area contributed by atoms with Crippen LogP contribution in [0.3, 0.4) is 0 Å². The standard InChI is InChI=1S/C13H20FNO3/c1-17-13(16)5-4-12(3-2-6-14)11-15-7-9-18-10-8-15/h2-4H,5-11H2,1H3/b3-2-,12-4+. The molecule has 0 N–H and O–H groups in total. The van der Waals surface area contributed by atoms with Crippen molar-refractivity contribution in [2.24, 2.45) is 0 Å². The summed E-state index contributed by atoms with van der Waals surface area (Å²) in [5.74, 6) is -0.289. The molecule has 1 saturated heterocycles. The monoisotopic (exact) mass is 257 g/mol. The Morgan fingerprint density at radius 2 is 2.17 bits per heavy atom. The van der Waals surface area contributed by atoms with E-state index in [1.165, 1.54) is 13.2 Å². The highest BCUT2D eigenvalue weighted by molar-refractivity contribution is 5.71. The van der Waals surface area contributed by atoms with Crippen LogP contribution in [0.15, 0.2) is 23.8 Å². The molecule has 0 aromatic carbocycles. The normalized spacial score (nSPS) is 18.2.